The molecule has 7 heteroatoms. The topological polar surface area (TPSA) is 95.8 Å². The van der Waals surface area contributed by atoms with Crippen LogP contribution >= 0.6 is 0 Å². The van der Waals surface area contributed by atoms with Crippen molar-refractivity contribution in [1.29, 1.82) is 0 Å². The number of aliphatic hydroxyl groups excluding tert-OH is 1. The molecule has 17 heavy (non-hydrogen) atoms. The Kier molecular flexibility index (Phi) is 3.50. The zero-order valence-electron chi connectivity index (χ0n) is 9.11. The summed E-state index contributed by atoms with van der Waals surface area (Å²) in [6, 6.07) is 3.02. The average molecular weight is 239 g/mol. The monoisotopic (exact) mass is 239 g/mol. The summed E-state index contributed by atoms with van der Waals surface area (Å²) in [5.41, 5.74) is -0.0827. The molecule has 1 atom stereocenters. The minimum Gasteiger partial charge on any atom is -0.476 e. The van der Waals surface area contributed by atoms with Crippen LogP contribution in [0, 0.1) is 0 Å². The first-order valence-corrected chi connectivity index (χ1v) is 5.25. The van der Waals surface area contributed by atoms with Gasteiger partial charge in [-0.05, 0) is 12.1 Å². The molecule has 1 aromatic heterocycles. The van der Waals surface area contributed by atoms with Gasteiger partial charge in [0.1, 0.15) is 0 Å². The van der Waals surface area contributed by atoms with E-state index in [9.17, 15) is 4.79 Å². The van der Waals surface area contributed by atoms with E-state index in [4.69, 9.17) is 14.9 Å². The Morgan fingerprint density at radius 1 is 1.53 bits per heavy atom. The quantitative estimate of drug-likeness (QED) is 0.725. The van der Waals surface area contributed by atoms with Crippen molar-refractivity contribution in [3.8, 4) is 0 Å². The predicted molar refractivity (Wildman–Crippen MR) is 58.0 cm³/mol. The van der Waals surface area contributed by atoms with Gasteiger partial charge in [0.05, 0.1) is 19.3 Å². The summed E-state index contributed by atoms with van der Waals surface area (Å²) in [6.07, 6.45) is -0.232. The van der Waals surface area contributed by atoms with E-state index in [2.05, 4.69) is 10.2 Å². The highest BCUT2D eigenvalue weighted by Gasteiger charge is 2.21. The zero-order chi connectivity index (χ0) is 12.3. The number of rotatable bonds is 3. The van der Waals surface area contributed by atoms with E-state index >= 15 is 0 Å². The number of carboxylic acid groups (broad SMARTS) is 1. The number of hydrogen-bond donors (Lipinski definition) is 2. The van der Waals surface area contributed by atoms with Gasteiger partial charge in [-0.1, -0.05) is 0 Å². The molecule has 2 rings (SSSR count). The fourth-order valence-corrected chi connectivity index (χ4v) is 1.65. The number of nitrogens with zero attached hydrogens (tertiary/aromatic N) is 3. The molecule has 0 radical (unpaired) electrons. The first kappa shape index (κ1) is 11.7. The van der Waals surface area contributed by atoms with Crippen LogP contribution in [0.4, 0.5) is 5.82 Å². The second kappa shape index (κ2) is 5.07. The number of morpholine rings is 1. The van der Waals surface area contributed by atoms with Crippen LogP contribution < -0.4 is 4.90 Å². The Morgan fingerprint density at radius 3 is 2.94 bits per heavy atom. The first-order chi connectivity index (χ1) is 8.20. The van der Waals surface area contributed by atoms with Crippen LogP contribution in [0.15, 0.2) is 12.1 Å². The molecule has 1 aliphatic heterocycles. The highest BCUT2D eigenvalue weighted by atomic mass is 16.5. The van der Waals surface area contributed by atoms with Gasteiger partial charge in [0.2, 0.25) is 0 Å². The van der Waals surface area contributed by atoms with Crippen LogP contribution in [-0.2, 0) is 4.74 Å². The van der Waals surface area contributed by atoms with E-state index in [1.54, 1.807) is 6.07 Å². The maximum atomic E-state index is 10.6. The van der Waals surface area contributed by atoms with Gasteiger partial charge in [-0.25, -0.2) is 4.79 Å². The SMILES string of the molecule is O=C(O)c1ccc(N2CCOC(CO)C2)nn1. The van der Waals surface area contributed by atoms with E-state index in [1.807, 2.05) is 4.90 Å². The smallest absolute Gasteiger partial charge is 0.356 e. The summed E-state index contributed by atoms with van der Waals surface area (Å²) >= 11 is 0. The highest BCUT2D eigenvalue weighted by molar-refractivity contribution is 5.85. The van der Waals surface area contributed by atoms with Crippen molar-refractivity contribution in [2.24, 2.45) is 0 Å². The lowest BCUT2D eigenvalue weighted by Gasteiger charge is -2.32. The van der Waals surface area contributed by atoms with E-state index in [0.29, 0.717) is 25.5 Å². The lowest BCUT2D eigenvalue weighted by Crippen LogP contribution is -2.44. The van der Waals surface area contributed by atoms with Crippen molar-refractivity contribution < 1.29 is 19.7 Å². The van der Waals surface area contributed by atoms with E-state index < -0.39 is 5.97 Å². The molecule has 1 saturated heterocycles. The van der Waals surface area contributed by atoms with Crippen LogP contribution in [0.3, 0.4) is 0 Å². The van der Waals surface area contributed by atoms with Crippen LogP contribution in [0.2, 0.25) is 0 Å². The molecular formula is C10H13N3O4. The molecule has 0 amide bonds. The van der Waals surface area contributed by atoms with Crippen LogP contribution in [0.5, 0.6) is 0 Å². The number of ether oxygens (including phenoxy) is 1. The number of aromatic nitrogens is 2. The number of aromatic carboxylic acids is 1. The molecule has 1 unspecified atom stereocenters. The Balaban J connectivity index is 2.08. The van der Waals surface area contributed by atoms with Gasteiger partial charge in [0.15, 0.2) is 11.5 Å². The molecule has 0 aromatic carbocycles. The predicted octanol–water partition coefficient (Wildman–Crippen LogP) is -0.628. The van der Waals surface area contributed by atoms with Gasteiger partial charge in [0.25, 0.3) is 0 Å². The third-order valence-corrected chi connectivity index (χ3v) is 2.54. The molecule has 7 nitrogen and oxygen atoms in total. The molecule has 2 heterocycles. The third-order valence-electron chi connectivity index (χ3n) is 2.54. The van der Waals surface area contributed by atoms with Crippen LogP contribution in [0.1, 0.15) is 10.5 Å². The second-order valence-corrected chi connectivity index (χ2v) is 3.70. The summed E-state index contributed by atoms with van der Waals surface area (Å²) < 4.78 is 5.31. The molecule has 0 bridgehead atoms. The Bertz CT molecular complexity index is 395. The number of aliphatic hydroxyl groups is 1. The molecule has 0 aliphatic carbocycles. The largest absolute Gasteiger partial charge is 0.476 e. The Morgan fingerprint density at radius 2 is 2.35 bits per heavy atom. The molecule has 1 aromatic rings. The van der Waals surface area contributed by atoms with Crippen LogP contribution in [-0.4, -0.2) is 58.8 Å². The van der Waals surface area contributed by atoms with Gasteiger partial charge in [-0.2, -0.15) is 0 Å². The summed E-state index contributed by atoms with van der Waals surface area (Å²) in [5.74, 6) is -0.504. The fourth-order valence-electron chi connectivity index (χ4n) is 1.65. The maximum absolute atomic E-state index is 10.6. The molecule has 0 spiro atoms. The number of carbonyl (C=O) groups is 1. The molecule has 1 aliphatic rings. The number of hydrogen-bond acceptors (Lipinski definition) is 6. The van der Waals surface area contributed by atoms with Gasteiger partial charge < -0.3 is 19.8 Å². The van der Waals surface area contributed by atoms with Gasteiger partial charge in [0, 0.05) is 13.1 Å². The molecule has 92 valence electrons. The van der Waals surface area contributed by atoms with Crippen molar-refractivity contribution in [3.05, 3.63) is 17.8 Å². The van der Waals surface area contributed by atoms with E-state index in [1.165, 1.54) is 6.07 Å². The normalized spacial score (nSPS) is 20.3. The minimum atomic E-state index is -1.10. The highest BCUT2D eigenvalue weighted by Crippen LogP contribution is 2.14. The van der Waals surface area contributed by atoms with Gasteiger partial charge >= 0.3 is 5.97 Å². The van der Waals surface area contributed by atoms with Crippen molar-refractivity contribution in [3.63, 3.8) is 0 Å². The lowest BCUT2D eigenvalue weighted by atomic mass is 10.3. The van der Waals surface area contributed by atoms with Gasteiger partial charge in [-0.15, -0.1) is 10.2 Å². The minimum absolute atomic E-state index is 0.0445. The molecule has 2 N–H and O–H groups in total. The van der Waals surface area contributed by atoms with Crippen molar-refractivity contribution >= 4 is 11.8 Å². The maximum Gasteiger partial charge on any atom is 0.356 e. The lowest BCUT2D eigenvalue weighted by molar-refractivity contribution is 0.00331. The van der Waals surface area contributed by atoms with Crippen molar-refractivity contribution in [2.45, 2.75) is 6.10 Å². The summed E-state index contributed by atoms with van der Waals surface area (Å²) in [4.78, 5) is 12.5. The Hall–Kier alpha value is -1.73. The standard InChI is InChI=1S/C10H13N3O4/c14-6-7-5-13(3-4-17-7)9-2-1-8(10(15)16)11-12-9/h1-2,7,14H,3-6H2,(H,15,16). The number of carboxylic acids is 1. The van der Waals surface area contributed by atoms with E-state index in [0.717, 1.165) is 0 Å². The molecule has 0 saturated carbocycles. The van der Waals surface area contributed by atoms with Gasteiger partial charge in [-0.3, -0.25) is 0 Å². The third kappa shape index (κ3) is 2.69. The van der Waals surface area contributed by atoms with Crippen molar-refractivity contribution in [2.75, 3.05) is 31.2 Å². The first-order valence-electron chi connectivity index (χ1n) is 5.25. The van der Waals surface area contributed by atoms with Crippen LogP contribution in [0.25, 0.3) is 0 Å². The second-order valence-electron chi connectivity index (χ2n) is 3.70. The summed E-state index contributed by atoms with van der Waals surface area (Å²) in [7, 11) is 0. The molecule has 1 fully saturated rings. The number of anilines is 1. The zero-order valence-corrected chi connectivity index (χ0v) is 9.11. The van der Waals surface area contributed by atoms with Crippen molar-refractivity contribution in [1.82, 2.24) is 10.2 Å². The summed E-state index contributed by atoms with van der Waals surface area (Å²) in [5, 5.41) is 25.2. The average Bonchev–Trinajstić information content (AvgIpc) is 2.39. The summed E-state index contributed by atoms with van der Waals surface area (Å²) in [6.45, 7) is 1.64. The van der Waals surface area contributed by atoms with E-state index in [-0.39, 0.29) is 18.4 Å². The fraction of sp³-hybridized carbons (Fsp3) is 0.500. The Labute approximate surface area is 97.6 Å². The molecular weight excluding hydrogens is 226 g/mol.